The van der Waals surface area contributed by atoms with Gasteiger partial charge in [0.15, 0.2) is 9.84 Å². The molecule has 1 aliphatic rings. The van der Waals surface area contributed by atoms with Crippen molar-refractivity contribution in [3.05, 3.63) is 29.8 Å². The molecule has 1 aliphatic heterocycles. The van der Waals surface area contributed by atoms with Gasteiger partial charge in [-0.15, -0.1) is 0 Å². The zero-order valence-electron chi connectivity index (χ0n) is 12.4. The zero-order chi connectivity index (χ0) is 17.3. The number of anilines is 1. The summed E-state index contributed by atoms with van der Waals surface area (Å²) in [6.45, 7) is -0.0266. The van der Waals surface area contributed by atoms with Crippen LogP contribution in [0.15, 0.2) is 24.3 Å². The lowest BCUT2D eigenvalue weighted by Crippen LogP contribution is -2.38. The van der Waals surface area contributed by atoms with E-state index in [0.29, 0.717) is 6.42 Å². The summed E-state index contributed by atoms with van der Waals surface area (Å²) in [6.07, 6.45) is -3.94. The monoisotopic (exact) mass is 350 g/mol. The molecule has 0 aromatic heterocycles. The number of alkyl halides is 3. The van der Waals surface area contributed by atoms with E-state index in [2.05, 4.69) is 5.32 Å². The summed E-state index contributed by atoms with van der Waals surface area (Å²) in [5, 5.41) is 2.50. The summed E-state index contributed by atoms with van der Waals surface area (Å²) < 4.78 is 60.2. The molecule has 5 nitrogen and oxygen atoms in total. The van der Waals surface area contributed by atoms with Crippen LogP contribution < -0.4 is 5.32 Å². The fraction of sp³-hybridized carbons (Fsp3) is 0.500. The van der Waals surface area contributed by atoms with Gasteiger partial charge in [-0.1, -0.05) is 0 Å². The molecule has 1 heterocycles. The van der Waals surface area contributed by atoms with E-state index in [1.165, 1.54) is 12.1 Å². The van der Waals surface area contributed by atoms with E-state index in [9.17, 15) is 26.4 Å². The molecule has 2 rings (SSSR count). The number of carbonyl (C=O) groups excluding carboxylic acids is 1. The van der Waals surface area contributed by atoms with Crippen molar-refractivity contribution in [2.45, 2.75) is 18.6 Å². The van der Waals surface area contributed by atoms with Crippen LogP contribution in [0.5, 0.6) is 0 Å². The fourth-order valence-electron chi connectivity index (χ4n) is 2.42. The van der Waals surface area contributed by atoms with Crippen LogP contribution >= 0.6 is 0 Å². The van der Waals surface area contributed by atoms with Gasteiger partial charge in [-0.25, -0.2) is 8.42 Å². The Morgan fingerprint density at radius 3 is 2.39 bits per heavy atom. The largest absolute Gasteiger partial charge is 0.416 e. The minimum atomic E-state index is -4.42. The van der Waals surface area contributed by atoms with Crippen molar-refractivity contribution in [3.8, 4) is 0 Å². The number of amides is 1. The van der Waals surface area contributed by atoms with Crippen LogP contribution in [-0.4, -0.2) is 50.4 Å². The molecule has 0 aliphatic carbocycles. The molecular formula is C14H17F3N2O3S. The zero-order valence-corrected chi connectivity index (χ0v) is 13.2. The molecule has 9 heteroatoms. The van der Waals surface area contributed by atoms with Gasteiger partial charge in [0, 0.05) is 11.7 Å². The molecule has 0 spiro atoms. The van der Waals surface area contributed by atoms with Gasteiger partial charge in [-0.05, 0) is 37.7 Å². The third-order valence-corrected chi connectivity index (χ3v) is 5.47. The number of hydrogen-bond acceptors (Lipinski definition) is 4. The van der Waals surface area contributed by atoms with Gasteiger partial charge in [0.05, 0.1) is 23.6 Å². The van der Waals surface area contributed by atoms with E-state index in [0.717, 1.165) is 12.1 Å². The number of rotatable bonds is 4. The lowest BCUT2D eigenvalue weighted by molar-refractivity contribution is -0.137. The van der Waals surface area contributed by atoms with Crippen LogP contribution in [0.1, 0.15) is 12.0 Å². The van der Waals surface area contributed by atoms with Crippen LogP contribution in [0, 0.1) is 0 Å². The molecule has 128 valence electrons. The SMILES string of the molecule is CN(CC(=O)Nc1ccc(C(F)(F)F)cc1)[C@H]1CCS(=O)(=O)C1. The van der Waals surface area contributed by atoms with E-state index in [4.69, 9.17) is 0 Å². The molecular weight excluding hydrogens is 333 g/mol. The summed E-state index contributed by atoms with van der Waals surface area (Å²) in [7, 11) is -1.38. The van der Waals surface area contributed by atoms with Gasteiger partial charge in [0.25, 0.3) is 0 Å². The first kappa shape index (κ1) is 17.7. The van der Waals surface area contributed by atoms with Crippen molar-refractivity contribution < 1.29 is 26.4 Å². The van der Waals surface area contributed by atoms with Gasteiger partial charge >= 0.3 is 6.18 Å². The van der Waals surface area contributed by atoms with Gasteiger partial charge in [-0.3, -0.25) is 9.69 Å². The Labute approximate surface area is 132 Å². The summed E-state index contributed by atoms with van der Waals surface area (Å²) in [6, 6.07) is 3.94. The Morgan fingerprint density at radius 1 is 1.30 bits per heavy atom. The first-order valence-electron chi connectivity index (χ1n) is 6.94. The maximum atomic E-state index is 12.4. The molecule has 23 heavy (non-hydrogen) atoms. The van der Waals surface area contributed by atoms with E-state index >= 15 is 0 Å². The number of halogens is 3. The Bertz CT molecular complexity index is 672. The maximum absolute atomic E-state index is 12.4. The molecule has 1 saturated heterocycles. The topological polar surface area (TPSA) is 66.5 Å². The predicted molar refractivity (Wildman–Crippen MR) is 79.8 cm³/mol. The van der Waals surface area contributed by atoms with Gasteiger partial charge in [-0.2, -0.15) is 13.2 Å². The quantitative estimate of drug-likeness (QED) is 0.899. The number of sulfone groups is 1. The number of benzene rings is 1. The van der Waals surface area contributed by atoms with Crippen molar-refractivity contribution in [1.82, 2.24) is 4.90 Å². The minimum absolute atomic E-state index is 0.0249. The molecule has 0 unspecified atom stereocenters. The van der Waals surface area contributed by atoms with Crippen LogP contribution in [0.3, 0.4) is 0 Å². The summed E-state index contributed by atoms with van der Waals surface area (Å²) in [5.41, 5.74) is -0.528. The van der Waals surface area contributed by atoms with Crippen LogP contribution in [-0.2, 0) is 20.8 Å². The summed E-state index contributed by atoms with van der Waals surface area (Å²) in [4.78, 5) is 13.5. The summed E-state index contributed by atoms with van der Waals surface area (Å²) in [5.74, 6) is -0.267. The molecule has 1 atom stereocenters. The number of nitrogens with zero attached hydrogens (tertiary/aromatic N) is 1. The highest BCUT2D eigenvalue weighted by molar-refractivity contribution is 7.91. The highest BCUT2D eigenvalue weighted by Gasteiger charge is 2.31. The first-order chi connectivity index (χ1) is 10.6. The number of nitrogens with one attached hydrogen (secondary N) is 1. The minimum Gasteiger partial charge on any atom is -0.325 e. The molecule has 1 amide bonds. The van der Waals surface area contributed by atoms with E-state index in [1.54, 1.807) is 11.9 Å². The Morgan fingerprint density at radius 2 is 1.91 bits per heavy atom. The summed E-state index contributed by atoms with van der Waals surface area (Å²) >= 11 is 0. The average molecular weight is 350 g/mol. The van der Waals surface area contributed by atoms with Crippen molar-refractivity contribution in [2.75, 3.05) is 30.4 Å². The van der Waals surface area contributed by atoms with E-state index in [-0.39, 0.29) is 29.8 Å². The number of hydrogen-bond donors (Lipinski definition) is 1. The Kier molecular flexibility index (Phi) is 5.00. The highest BCUT2D eigenvalue weighted by atomic mass is 32.2. The van der Waals surface area contributed by atoms with Crippen molar-refractivity contribution in [1.29, 1.82) is 0 Å². The van der Waals surface area contributed by atoms with Gasteiger partial charge in [0.1, 0.15) is 0 Å². The lowest BCUT2D eigenvalue weighted by Gasteiger charge is -2.22. The molecule has 1 aromatic carbocycles. The van der Waals surface area contributed by atoms with E-state index < -0.39 is 27.5 Å². The maximum Gasteiger partial charge on any atom is 0.416 e. The smallest absolute Gasteiger partial charge is 0.325 e. The Balaban J connectivity index is 1.90. The van der Waals surface area contributed by atoms with E-state index in [1.807, 2.05) is 0 Å². The molecule has 0 saturated carbocycles. The fourth-order valence-corrected chi connectivity index (χ4v) is 4.23. The highest BCUT2D eigenvalue weighted by Crippen LogP contribution is 2.29. The van der Waals surface area contributed by atoms with Crippen LogP contribution in [0.2, 0.25) is 0 Å². The Hall–Kier alpha value is -1.61. The molecule has 0 radical (unpaired) electrons. The standard InChI is InChI=1S/C14H17F3N2O3S/c1-19(12-6-7-23(21,22)9-12)8-13(20)18-11-4-2-10(3-5-11)14(15,16)17/h2-5,12H,6-9H2,1H3,(H,18,20)/t12-/m0/s1. The molecule has 1 aromatic rings. The van der Waals surface area contributed by atoms with Crippen molar-refractivity contribution >= 4 is 21.4 Å². The molecule has 0 bridgehead atoms. The first-order valence-corrected chi connectivity index (χ1v) is 8.77. The van der Waals surface area contributed by atoms with Crippen LogP contribution in [0.4, 0.5) is 18.9 Å². The predicted octanol–water partition coefficient (Wildman–Crippen LogP) is 1.76. The van der Waals surface area contributed by atoms with Gasteiger partial charge in [0.2, 0.25) is 5.91 Å². The molecule has 1 N–H and O–H groups in total. The number of carbonyl (C=O) groups is 1. The second-order valence-electron chi connectivity index (χ2n) is 5.60. The third kappa shape index (κ3) is 4.93. The second kappa shape index (κ2) is 6.48. The van der Waals surface area contributed by atoms with Gasteiger partial charge < -0.3 is 5.32 Å². The second-order valence-corrected chi connectivity index (χ2v) is 7.82. The lowest BCUT2D eigenvalue weighted by atomic mass is 10.2. The van der Waals surface area contributed by atoms with Crippen molar-refractivity contribution in [2.24, 2.45) is 0 Å². The molecule has 1 fully saturated rings. The average Bonchev–Trinajstić information content (AvgIpc) is 2.78. The normalized spacial score (nSPS) is 20.7. The number of likely N-dealkylation sites (N-methyl/N-ethyl adjacent to an activating group) is 1. The van der Waals surface area contributed by atoms with Crippen molar-refractivity contribution in [3.63, 3.8) is 0 Å². The van der Waals surface area contributed by atoms with Crippen LogP contribution in [0.25, 0.3) is 0 Å². The third-order valence-electron chi connectivity index (χ3n) is 3.72.